The largest absolute Gasteiger partial charge is 0.496 e. The van der Waals surface area contributed by atoms with E-state index in [1.165, 1.54) is 0 Å². The Kier molecular flexibility index (Phi) is 3.21. The lowest BCUT2D eigenvalue weighted by Crippen LogP contribution is -1.95. The summed E-state index contributed by atoms with van der Waals surface area (Å²) in [6.45, 7) is 0.240. The van der Waals surface area contributed by atoms with E-state index < -0.39 is 0 Å². The molecule has 1 aromatic carbocycles. The number of rotatable bonds is 3. The maximum atomic E-state index is 5.39. The van der Waals surface area contributed by atoms with Gasteiger partial charge < -0.3 is 14.9 Å². The first-order valence-electron chi connectivity index (χ1n) is 4.61. The highest BCUT2D eigenvalue weighted by Gasteiger charge is 2.09. The fourth-order valence-corrected chi connectivity index (χ4v) is 1.79. The summed E-state index contributed by atoms with van der Waals surface area (Å²) in [7, 11) is 1.61. The van der Waals surface area contributed by atoms with E-state index in [-0.39, 0.29) is 6.54 Å². The van der Waals surface area contributed by atoms with Crippen molar-refractivity contribution in [1.82, 2.24) is 10.2 Å². The molecular formula is C10H10BrN3O2. The number of hydrogen-bond donors (Lipinski definition) is 1. The van der Waals surface area contributed by atoms with E-state index in [4.69, 9.17) is 14.9 Å². The topological polar surface area (TPSA) is 74.2 Å². The highest BCUT2D eigenvalue weighted by molar-refractivity contribution is 9.10. The number of benzene rings is 1. The molecule has 16 heavy (non-hydrogen) atoms. The normalized spacial score (nSPS) is 10.4. The van der Waals surface area contributed by atoms with Gasteiger partial charge in [0, 0.05) is 5.56 Å². The van der Waals surface area contributed by atoms with E-state index in [0.717, 1.165) is 15.8 Å². The number of nitrogens with zero attached hydrogens (tertiary/aromatic N) is 2. The minimum Gasteiger partial charge on any atom is -0.496 e. The Labute approximate surface area is 101 Å². The molecule has 0 aliphatic carbocycles. The van der Waals surface area contributed by atoms with Gasteiger partial charge in [-0.2, -0.15) is 0 Å². The monoisotopic (exact) mass is 283 g/mol. The molecule has 2 aromatic rings. The molecule has 0 spiro atoms. The molecule has 0 unspecified atom stereocenters. The van der Waals surface area contributed by atoms with Crippen molar-refractivity contribution < 1.29 is 9.15 Å². The minimum atomic E-state index is 0.240. The molecular weight excluding hydrogens is 274 g/mol. The molecule has 0 amide bonds. The molecule has 1 heterocycles. The highest BCUT2D eigenvalue weighted by atomic mass is 79.9. The average Bonchev–Trinajstić information content (AvgIpc) is 2.77. The molecule has 2 N–H and O–H groups in total. The smallest absolute Gasteiger partial charge is 0.247 e. The van der Waals surface area contributed by atoms with E-state index in [0.29, 0.717) is 11.8 Å². The Morgan fingerprint density at radius 1 is 1.44 bits per heavy atom. The van der Waals surface area contributed by atoms with Crippen LogP contribution in [0.1, 0.15) is 5.89 Å². The zero-order valence-electron chi connectivity index (χ0n) is 8.61. The lowest BCUT2D eigenvalue weighted by molar-refractivity contribution is 0.412. The standard InChI is InChI=1S/C10H10BrN3O2/c1-15-8-3-2-6(4-7(8)11)10-14-13-9(5-12)16-10/h2-4H,5,12H2,1H3. The summed E-state index contributed by atoms with van der Waals surface area (Å²) < 4.78 is 11.3. The van der Waals surface area contributed by atoms with Crippen LogP contribution in [0.4, 0.5) is 0 Å². The lowest BCUT2D eigenvalue weighted by Gasteiger charge is -2.03. The van der Waals surface area contributed by atoms with Crippen molar-refractivity contribution in [1.29, 1.82) is 0 Å². The first kappa shape index (κ1) is 11.1. The van der Waals surface area contributed by atoms with E-state index in [2.05, 4.69) is 26.1 Å². The maximum absolute atomic E-state index is 5.39. The summed E-state index contributed by atoms with van der Waals surface area (Å²) in [4.78, 5) is 0. The lowest BCUT2D eigenvalue weighted by atomic mass is 10.2. The second kappa shape index (κ2) is 4.63. The highest BCUT2D eigenvalue weighted by Crippen LogP contribution is 2.29. The Morgan fingerprint density at radius 2 is 2.25 bits per heavy atom. The minimum absolute atomic E-state index is 0.240. The van der Waals surface area contributed by atoms with Crippen LogP contribution >= 0.6 is 15.9 Å². The molecule has 1 aromatic heterocycles. The van der Waals surface area contributed by atoms with Gasteiger partial charge in [-0.05, 0) is 34.1 Å². The van der Waals surface area contributed by atoms with Crippen LogP contribution in [-0.4, -0.2) is 17.3 Å². The molecule has 84 valence electrons. The van der Waals surface area contributed by atoms with Crippen molar-refractivity contribution in [2.45, 2.75) is 6.54 Å². The van der Waals surface area contributed by atoms with Gasteiger partial charge in [-0.25, -0.2) is 0 Å². The number of ether oxygens (including phenoxy) is 1. The van der Waals surface area contributed by atoms with Crippen LogP contribution in [0.3, 0.4) is 0 Å². The Bertz CT molecular complexity index is 499. The summed E-state index contributed by atoms with van der Waals surface area (Å²) in [6, 6.07) is 5.52. The molecule has 2 rings (SSSR count). The molecule has 0 aliphatic heterocycles. The Balaban J connectivity index is 2.37. The van der Waals surface area contributed by atoms with E-state index in [1.807, 2.05) is 18.2 Å². The summed E-state index contributed by atoms with van der Waals surface area (Å²) in [5.41, 5.74) is 6.21. The van der Waals surface area contributed by atoms with Gasteiger partial charge in [0.15, 0.2) is 0 Å². The number of methoxy groups -OCH3 is 1. The Morgan fingerprint density at radius 3 is 2.81 bits per heavy atom. The summed E-state index contributed by atoms with van der Waals surface area (Å²) in [5.74, 6) is 1.62. The summed E-state index contributed by atoms with van der Waals surface area (Å²) in [6.07, 6.45) is 0. The van der Waals surface area contributed by atoms with E-state index >= 15 is 0 Å². The Hall–Kier alpha value is -1.40. The molecule has 0 bridgehead atoms. The third-order valence-corrected chi connectivity index (χ3v) is 2.66. The fourth-order valence-electron chi connectivity index (χ4n) is 1.25. The van der Waals surface area contributed by atoms with E-state index in [9.17, 15) is 0 Å². The molecule has 0 atom stereocenters. The number of nitrogens with two attached hydrogens (primary N) is 1. The molecule has 5 nitrogen and oxygen atoms in total. The zero-order chi connectivity index (χ0) is 11.5. The van der Waals surface area contributed by atoms with Gasteiger partial charge in [-0.15, -0.1) is 10.2 Å². The van der Waals surface area contributed by atoms with Gasteiger partial charge in [-0.1, -0.05) is 0 Å². The van der Waals surface area contributed by atoms with E-state index in [1.54, 1.807) is 7.11 Å². The SMILES string of the molecule is COc1ccc(-c2nnc(CN)o2)cc1Br. The van der Waals surface area contributed by atoms with Crippen molar-refractivity contribution >= 4 is 15.9 Å². The molecule has 0 saturated heterocycles. The quantitative estimate of drug-likeness (QED) is 0.932. The molecule has 0 radical (unpaired) electrons. The summed E-state index contributed by atoms with van der Waals surface area (Å²) in [5, 5.41) is 7.69. The van der Waals surface area contributed by atoms with Gasteiger partial charge in [0.1, 0.15) is 5.75 Å². The van der Waals surface area contributed by atoms with Crippen LogP contribution in [0.15, 0.2) is 27.1 Å². The number of aromatic nitrogens is 2. The number of hydrogen-bond acceptors (Lipinski definition) is 5. The van der Waals surface area contributed by atoms with Gasteiger partial charge in [0.2, 0.25) is 11.8 Å². The second-order valence-electron chi connectivity index (χ2n) is 3.05. The third-order valence-electron chi connectivity index (χ3n) is 2.04. The fraction of sp³-hybridized carbons (Fsp3) is 0.200. The van der Waals surface area contributed by atoms with Crippen molar-refractivity contribution in [3.63, 3.8) is 0 Å². The zero-order valence-corrected chi connectivity index (χ0v) is 10.2. The van der Waals surface area contributed by atoms with Crippen molar-refractivity contribution in [2.24, 2.45) is 5.73 Å². The van der Waals surface area contributed by atoms with Crippen LogP contribution in [0.5, 0.6) is 5.75 Å². The average molecular weight is 284 g/mol. The van der Waals surface area contributed by atoms with Crippen molar-refractivity contribution in [2.75, 3.05) is 7.11 Å². The molecule has 6 heteroatoms. The second-order valence-corrected chi connectivity index (χ2v) is 3.91. The van der Waals surface area contributed by atoms with Crippen LogP contribution in [0.25, 0.3) is 11.5 Å². The van der Waals surface area contributed by atoms with Crippen LogP contribution in [-0.2, 0) is 6.54 Å². The first-order chi connectivity index (χ1) is 7.74. The predicted molar refractivity (Wildman–Crippen MR) is 61.9 cm³/mol. The van der Waals surface area contributed by atoms with Crippen LogP contribution in [0.2, 0.25) is 0 Å². The van der Waals surface area contributed by atoms with Gasteiger partial charge in [0.25, 0.3) is 0 Å². The first-order valence-corrected chi connectivity index (χ1v) is 5.40. The van der Waals surface area contributed by atoms with Gasteiger partial charge in [-0.3, -0.25) is 0 Å². The maximum Gasteiger partial charge on any atom is 0.247 e. The molecule has 0 fully saturated rings. The van der Waals surface area contributed by atoms with Gasteiger partial charge in [0.05, 0.1) is 18.1 Å². The number of halogens is 1. The van der Waals surface area contributed by atoms with Crippen LogP contribution < -0.4 is 10.5 Å². The summed E-state index contributed by atoms with van der Waals surface area (Å²) >= 11 is 3.39. The van der Waals surface area contributed by atoms with Crippen molar-refractivity contribution in [3.05, 3.63) is 28.6 Å². The molecule has 0 aliphatic rings. The predicted octanol–water partition coefficient (Wildman–Crippen LogP) is 1.97. The third kappa shape index (κ3) is 2.07. The molecule has 0 saturated carbocycles. The van der Waals surface area contributed by atoms with Gasteiger partial charge >= 0.3 is 0 Å². The van der Waals surface area contributed by atoms with Crippen LogP contribution in [0, 0.1) is 0 Å². The van der Waals surface area contributed by atoms with Crippen molar-refractivity contribution in [3.8, 4) is 17.2 Å².